The zero-order valence-electron chi connectivity index (χ0n) is 13.3. The standard InChI is InChI=1S/C18H14BrIN2O3/c1-24-14-6-2-11(3-7-14)10-21-18(23)25-17-15(19)8-12-4-5-13(20)9-16(12)22-17/h2-9H,10H2,1H3,(H,21,23). The highest BCUT2D eigenvalue weighted by atomic mass is 127. The van der Waals surface area contributed by atoms with Gasteiger partial charge in [0.15, 0.2) is 0 Å². The summed E-state index contributed by atoms with van der Waals surface area (Å²) in [6, 6.07) is 15.2. The van der Waals surface area contributed by atoms with Gasteiger partial charge in [-0.2, -0.15) is 0 Å². The number of carbonyl (C=O) groups excluding carboxylic acids is 1. The fourth-order valence-electron chi connectivity index (χ4n) is 2.21. The molecule has 0 atom stereocenters. The number of aromatic nitrogens is 1. The van der Waals surface area contributed by atoms with E-state index in [0.717, 1.165) is 25.8 Å². The summed E-state index contributed by atoms with van der Waals surface area (Å²) in [5.74, 6) is 1.01. The maximum absolute atomic E-state index is 12.0. The second-order valence-electron chi connectivity index (χ2n) is 5.20. The minimum absolute atomic E-state index is 0.238. The summed E-state index contributed by atoms with van der Waals surface area (Å²) in [4.78, 5) is 16.4. The molecule has 0 fully saturated rings. The van der Waals surface area contributed by atoms with Crippen molar-refractivity contribution in [3.05, 3.63) is 62.1 Å². The number of amides is 1. The van der Waals surface area contributed by atoms with Crippen molar-refractivity contribution in [3.8, 4) is 11.6 Å². The van der Waals surface area contributed by atoms with Gasteiger partial charge in [-0.05, 0) is 74.4 Å². The molecule has 7 heteroatoms. The van der Waals surface area contributed by atoms with Crippen molar-refractivity contribution in [2.24, 2.45) is 0 Å². The number of methoxy groups -OCH3 is 1. The SMILES string of the molecule is COc1ccc(CNC(=O)Oc2nc3cc(I)ccc3cc2Br)cc1. The lowest BCUT2D eigenvalue weighted by atomic mass is 10.2. The van der Waals surface area contributed by atoms with Crippen molar-refractivity contribution in [2.45, 2.75) is 6.54 Å². The molecule has 1 N–H and O–H groups in total. The minimum atomic E-state index is -0.561. The zero-order valence-corrected chi connectivity index (χ0v) is 17.0. The Morgan fingerprint density at radius 1 is 1.20 bits per heavy atom. The van der Waals surface area contributed by atoms with Crippen LogP contribution in [0.15, 0.2) is 53.0 Å². The van der Waals surface area contributed by atoms with Gasteiger partial charge in [0.05, 0.1) is 17.1 Å². The number of carbonyl (C=O) groups is 1. The predicted octanol–water partition coefficient (Wildman–Crippen LogP) is 4.90. The fourth-order valence-corrected chi connectivity index (χ4v) is 3.10. The van der Waals surface area contributed by atoms with E-state index in [0.29, 0.717) is 11.0 Å². The van der Waals surface area contributed by atoms with Crippen molar-refractivity contribution in [2.75, 3.05) is 7.11 Å². The highest BCUT2D eigenvalue weighted by Crippen LogP contribution is 2.28. The Kier molecular flexibility index (Phi) is 5.74. The number of pyridine rings is 1. The monoisotopic (exact) mass is 512 g/mol. The summed E-state index contributed by atoms with van der Waals surface area (Å²) in [5, 5.41) is 3.68. The number of hydrogen-bond acceptors (Lipinski definition) is 4. The van der Waals surface area contributed by atoms with Crippen LogP contribution in [0, 0.1) is 3.57 Å². The van der Waals surface area contributed by atoms with E-state index in [2.05, 4.69) is 48.8 Å². The quantitative estimate of drug-likeness (QED) is 0.505. The van der Waals surface area contributed by atoms with Gasteiger partial charge in [-0.3, -0.25) is 0 Å². The first-order valence-electron chi connectivity index (χ1n) is 7.39. The summed E-state index contributed by atoms with van der Waals surface area (Å²) >= 11 is 5.61. The topological polar surface area (TPSA) is 60.5 Å². The second kappa shape index (κ2) is 8.01. The van der Waals surface area contributed by atoms with Crippen molar-refractivity contribution in [3.63, 3.8) is 0 Å². The van der Waals surface area contributed by atoms with Crippen LogP contribution in [-0.2, 0) is 6.54 Å². The Labute approximate surface area is 167 Å². The van der Waals surface area contributed by atoms with Crippen LogP contribution in [-0.4, -0.2) is 18.2 Å². The number of nitrogens with zero attached hydrogens (tertiary/aromatic N) is 1. The first kappa shape index (κ1) is 17.9. The molecule has 0 bridgehead atoms. The van der Waals surface area contributed by atoms with Gasteiger partial charge in [0.1, 0.15) is 5.75 Å². The molecule has 0 spiro atoms. The molecule has 0 radical (unpaired) electrons. The molecule has 1 heterocycles. The van der Waals surface area contributed by atoms with Crippen LogP contribution in [0.1, 0.15) is 5.56 Å². The first-order valence-corrected chi connectivity index (χ1v) is 9.27. The molecule has 128 valence electrons. The first-order chi connectivity index (χ1) is 12.0. The molecule has 25 heavy (non-hydrogen) atoms. The minimum Gasteiger partial charge on any atom is -0.497 e. The van der Waals surface area contributed by atoms with Crippen molar-refractivity contribution >= 4 is 55.5 Å². The van der Waals surface area contributed by atoms with Gasteiger partial charge in [0.25, 0.3) is 0 Å². The van der Waals surface area contributed by atoms with E-state index < -0.39 is 6.09 Å². The van der Waals surface area contributed by atoms with E-state index in [9.17, 15) is 4.79 Å². The summed E-state index contributed by atoms with van der Waals surface area (Å²) in [6.45, 7) is 0.353. The van der Waals surface area contributed by atoms with Crippen LogP contribution in [0.3, 0.4) is 0 Å². The van der Waals surface area contributed by atoms with Gasteiger partial charge >= 0.3 is 6.09 Å². The number of halogens is 2. The molecule has 1 aromatic heterocycles. The molecule has 0 saturated heterocycles. The van der Waals surface area contributed by atoms with Crippen LogP contribution in [0.5, 0.6) is 11.6 Å². The molecular weight excluding hydrogens is 499 g/mol. The van der Waals surface area contributed by atoms with Gasteiger partial charge in [-0.1, -0.05) is 18.2 Å². The molecule has 3 rings (SSSR count). The molecule has 0 aliphatic carbocycles. The summed E-state index contributed by atoms with van der Waals surface area (Å²) in [6.07, 6.45) is -0.561. The summed E-state index contributed by atoms with van der Waals surface area (Å²) in [5.41, 5.74) is 1.71. The second-order valence-corrected chi connectivity index (χ2v) is 7.30. The van der Waals surface area contributed by atoms with Gasteiger partial charge in [0.2, 0.25) is 5.88 Å². The van der Waals surface area contributed by atoms with Crippen molar-refractivity contribution in [1.82, 2.24) is 10.3 Å². The molecular formula is C18H14BrIN2O3. The van der Waals surface area contributed by atoms with Crippen LogP contribution in [0.4, 0.5) is 4.79 Å². The zero-order chi connectivity index (χ0) is 17.8. The Morgan fingerprint density at radius 3 is 2.68 bits per heavy atom. The smallest absolute Gasteiger partial charge is 0.414 e. The van der Waals surface area contributed by atoms with Crippen LogP contribution >= 0.6 is 38.5 Å². The third-order valence-corrected chi connectivity index (χ3v) is 4.73. The van der Waals surface area contributed by atoms with E-state index in [4.69, 9.17) is 9.47 Å². The fraction of sp³-hybridized carbons (Fsp3) is 0.111. The van der Waals surface area contributed by atoms with Crippen molar-refractivity contribution in [1.29, 1.82) is 0 Å². The molecule has 0 aliphatic rings. The number of ether oxygens (including phenoxy) is 2. The highest BCUT2D eigenvalue weighted by molar-refractivity contribution is 14.1. The normalized spacial score (nSPS) is 10.5. The van der Waals surface area contributed by atoms with Crippen LogP contribution in [0.25, 0.3) is 10.9 Å². The van der Waals surface area contributed by atoms with E-state index >= 15 is 0 Å². The Balaban J connectivity index is 1.67. The van der Waals surface area contributed by atoms with E-state index in [-0.39, 0.29) is 5.88 Å². The third-order valence-electron chi connectivity index (χ3n) is 3.49. The van der Waals surface area contributed by atoms with E-state index in [1.165, 1.54) is 0 Å². The third kappa shape index (κ3) is 4.60. The lowest BCUT2D eigenvalue weighted by molar-refractivity contribution is 0.198. The highest BCUT2D eigenvalue weighted by Gasteiger charge is 2.11. The van der Waals surface area contributed by atoms with Crippen molar-refractivity contribution < 1.29 is 14.3 Å². The Bertz CT molecular complexity index is 916. The van der Waals surface area contributed by atoms with Crippen LogP contribution < -0.4 is 14.8 Å². The van der Waals surface area contributed by atoms with E-state index in [1.807, 2.05) is 48.5 Å². The van der Waals surface area contributed by atoms with Gasteiger partial charge in [0, 0.05) is 15.5 Å². The van der Waals surface area contributed by atoms with Gasteiger partial charge < -0.3 is 14.8 Å². The summed E-state index contributed by atoms with van der Waals surface area (Å²) in [7, 11) is 1.61. The Hall–Kier alpha value is -1.87. The molecule has 1 amide bonds. The number of fused-ring (bicyclic) bond motifs is 1. The molecule has 3 aromatic rings. The number of rotatable bonds is 4. The largest absolute Gasteiger partial charge is 0.497 e. The van der Waals surface area contributed by atoms with Gasteiger partial charge in [-0.25, -0.2) is 9.78 Å². The molecule has 0 aliphatic heterocycles. The molecule has 2 aromatic carbocycles. The molecule has 5 nitrogen and oxygen atoms in total. The predicted molar refractivity (Wildman–Crippen MR) is 108 cm³/mol. The maximum Gasteiger partial charge on any atom is 0.414 e. The molecule has 0 unspecified atom stereocenters. The van der Waals surface area contributed by atoms with E-state index in [1.54, 1.807) is 7.11 Å². The number of nitrogens with one attached hydrogen (secondary N) is 1. The molecule has 0 saturated carbocycles. The number of benzene rings is 2. The number of hydrogen-bond donors (Lipinski definition) is 1. The van der Waals surface area contributed by atoms with Gasteiger partial charge in [-0.15, -0.1) is 0 Å². The van der Waals surface area contributed by atoms with Crippen LogP contribution in [0.2, 0.25) is 0 Å². The average Bonchev–Trinajstić information content (AvgIpc) is 2.61. The lowest BCUT2D eigenvalue weighted by Crippen LogP contribution is -2.26. The summed E-state index contributed by atoms with van der Waals surface area (Å²) < 4.78 is 12.1. The average molecular weight is 513 g/mol. The lowest BCUT2D eigenvalue weighted by Gasteiger charge is -2.09. The Morgan fingerprint density at radius 2 is 1.96 bits per heavy atom. The maximum atomic E-state index is 12.0.